The molecule has 1 aromatic heterocycles. The molecule has 0 spiro atoms. The smallest absolute Gasteiger partial charge is 0.265 e. The van der Waals surface area contributed by atoms with Gasteiger partial charge in [0.1, 0.15) is 5.69 Å². The minimum atomic E-state index is -2.56. The lowest BCUT2D eigenvalue weighted by Gasteiger charge is -2.10. The Bertz CT molecular complexity index is 355. The lowest BCUT2D eigenvalue weighted by molar-refractivity contribution is 0.111. The van der Waals surface area contributed by atoms with Crippen molar-refractivity contribution in [2.24, 2.45) is 0 Å². The van der Waals surface area contributed by atoms with Gasteiger partial charge in [0, 0.05) is 17.1 Å². The zero-order valence-electron chi connectivity index (χ0n) is 7.43. The van der Waals surface area contributed by atoms with Crippen LogP contribution in [0.15, 0.2) is 6.20 Å². The number of rotatable bonds is 3. The second-order valence-electron chi connectivity index (χ2n) is 2.75. The van der Waals surface area contributed by atoms with Crippen LogP contribution < -0.4 is 0 Å². The van der Waals surface area contributed by atoms with Crippen molar-refractivity contribution in [3.8, 4) is 0 Å². The van der Waals surface area contributed by atoms with E-state index in [1.165, 1.54) is 0 Å². The number of carbonyl (C=O) groups is 1. The topological polar surface area (TPSA) is 30.0 Å². The van der Waals surface area contributed by atoms with E-state index < -0.39 is 6.43 Å². The summed E-state index contributed by atoms with van der Waals surface area (Å²) in [4.78, 5) is 14.2. The van der Waals surface area contributed by atoms with Crippen molar-refractivity contribution >= 4 is 22.2 Å². The molecule has 0 bridgehead atoms. The number of aromatic nitrogens is 1. The predicted molar refractivity (Wildman–Crippen MR) is 51.9 cm³/mol. The standard InChI is InChI=1S/C9H8BrF2NO/c1-5-6(2-10)7(9(11)12)3-13-8(5)4-14/h3-4,9H,2H2,1H3. The van der Waals surface area contributed by atoms with Gasteiger partial charge in [-0.2, -0.15) is 0 Å². The van der Waals surface area contributed by atoms with E-state index in [0.29, 0.717) is 22.7 Å². The van der Waals surface area contributed by atoms with Crippen LogP contribution in [0.3, 0.4) is 0 Å². The summed E-state index contributed by atoms with van der Waals surface area (Å²) in [6.07, 6.45) is -0.941. The minimum Gasteiger partial charge on any atom is -0.296 e. The first-order valence-electron chi connectivity index (χ1n) is 3.89. The van der Waals surface area contributed by atoms with Crippen molar-refractivity contribution in [2.75, 3.05) is 0 Å². The first-order chi connectivity index (χ1) is 6.61. The molecule has 1 heterocycles. The highest BCUT2D eigenvalue weighted by molar-refractivity contribution is 9.08. The summed E-state index contributed by atoms with van der Waals surface area (Å²) < 4.78 is 25.0. The molecule has 0 unspecified atom stereocenters. The number of halogens is 3. The second kappa shape index (κ2) is 4.59. The predicted octanol–water partition coefficient (Wildman–Crippen LogP) is 3.04. The van der Waals surface area contributed by atoms with Crippen LogP contribution in [0.25, 0.3) is 0 Å². The van der Waals surface area contributed by atoms with Gasteiger partial charge < -0.3 is 0 Å². The van der Waals surface area contributed by atoms with Crippen LogP contribution >= 0.6 is 15.9 Å². The van der Waals surface area contributed by atoms with Gasteiger partial charge in [-0.25, -0.2) is 8.78 Å². The maximum Gasteiger partial charge on any atom is 0.265 e. The van der Waals surface area contributed by atoms with Crippen molar-refractivity contribution in [1.82, 2.24) is 4.98 Å². The third-order valence-electron chi connectivity index (χ3n) is 2.01. The number of nitrogens with zero attached hydrogens (tertiary/aromatic N) is 1. The summed E-state index contributed by atoms with van der Waals surface area (Å²) >= 11 is 3.11. The fourth-order valence-electron chi connectivity index (χ4n) is 1.17. The summed E-state index contributed by atoms with van der Waals surface area (Å²) in [5.74, 6) is 0. The highest BCUT2D eigenvalue weighted by Gasteiger charge is 2.16. The SMILES string of the molecule is Cc1c(C=O)ncc(C(F)F)c1CBr. The molecule has 0 atom stereocenters. The van der Waals surface area contributed by atoms with Gasteiger partial charge >= 0.3 is 0 Å². The fourth-order valence-corrected chi connectivity index (χ4v) is 1.91. The third-order valence-corrected chi connectivity index (χ3v) is 2.57. The van der Waals surface area contributed by atoms with E-state index in [0.717, 1.165) is 6.20 Å². The molecule has 0 aromatic carbocycles. The molecule has 0 saturated heterocycles. The fraction of sp³-hybridized carbons (Fsp3) is 0.333. The quantitative estimate of drug-likeness (QED) is 0.620. The third kappa shape index (κ3) is 1.97. The summed E-state index contributed by atoms with van der Waals surface area (Å²) in [7, 11) is 0. The first-order valence-corrected chi connectivity index (χ1v) is 5.01. The maximum absolute atomic E-state index is 12.5. The molecule has 0 aliphatic rings. The van der Waals surface area contributed by atoms with Gasteiger partial charge in [0.05, 0.1) is 0 Å². The molecule has 1 aromatic rings. The molecular formula is C9H8BrF2NO. The molecule has 0 fully saturated rings. The van der Waals surface area contributed by atoms with Gasteiger partial charge in [0.15, 0.2) is 6.29 Å². The molecule has 1 rings (SSSR count). The lowest BCUT2D eigenvalue weighted by Crippen LogP contribution is -2.02. The normalized spacial score (nSPS) is 10.6. The molecule has 0 radical (unpaired) electrons. The summed E-state index contributed by atoms with van der Waals surface area (Å²) in [6.45, 7) is 1.61. The molecule has 0 N–H and O–H groups in total. The van der Waals surface area contributed by atoms with Crippen molar-refractivity contribution in [3.05, 3.63) is 28.6 Å². The van der Waals surface area contributed by atoms with Gasteiger partial charge in [0.25, 0.3) is 6.43 Å². The van der Waals surface area contributed by atoms with E-state index in [2.05, 4.69) is 20.9 Å². The Labute approximate surface area is 88.5 Å². The van der Waals surface area contributed by atoms with Gasteiger partial charge in [0.2, 0.25) is 0 Å². The monoisotopic (exact) mass is 263 g/mol. The van der Waals surface area contributed by atoms with Crippen LogP contribution in [0.1, 0.15) is 33.6 Å². The zero-order valence-corrected chi connectivity index (χ0v) is 9.01. The highest BCUT2D eigenvalue weighted by Crippen LogP contribution is 2.27. The lowest BCUT2D eigenvalue weighted by atomic mass is 10.0. The maximum atomic E-state index is 12.5. The Balaban J connectivity index is 3.35. The number of hydrogen-bond donors (Lipinski definition) is 0. The molecule has 2 nitrogen and oxygen atoms in total. The van der Waals surface area contributed by atoms with E-state index in [9.17, 15) is 13.6 Å². The number of hydrogen-bond acceptors (Lipinski definition) is 2. The highest BCUT2D eigenvalue weighted by atomic mass is 79.9. The van der Waals surface area contributed by atoms with Crippen LogP contribution in [-0.4, -0.2) is 11.3 Å². The first kappa shape index (κ1) is 11.2. The Morgan fingerprint density at radius 3 is 2.71 bits per heavy atom. The summed E-state index contributed by atoms with van der Waals surface area (Å²) in [5.41, 5.74) is 1.04. The molecule has 14 heavy (non-hydrogen) atoms. The Kier molecular flexibility index (Phi) is 3.69. The van der Waals surface area contributed by atoms with E-state index in [1.54, 1.807) is 6.92 Å². The average Bonchev–Trinajstić information content (AvgIpc) is 2.17. The average molecular weight is 264 g/mol. The minimum absolute atomic E-state index is 0.120. The number of aldehydes is 1. The van der Waals surface area contributed by atoms with Crippen molar-refractivity contribution < 1.29 is 13.6 Å². The zero-order chi connectivity index (χ0) is 10.7. The Hall–Kier alpha value is -0.840. The second-order valence-corrected chi connectivity index (χ2v) is 3.32. The van der Waals surface area contributed by atoms with Crippen LogP contribution in [-0.2, 0) is 5.33 Å². The molecule has 0 amide bonds. The molecule has 76 valence electrons. The summed E-state index contributed by atoms with van der Waals surface area (Å²) in [5, 5.41) is 0.294. The molecule has 0 aliphatic heterocycles. The van der Waals surface area contributed by atoms with E-state index >= 15 is 0 Å². The van der Waals surface area contributed by atoms with Gasteiger partial charge in [-0.3, -0.25) is 9.78 Å². The van der Waals surface area contributed by atoms with Crippen molar-refractivity contribution in [2.45, 2.75) is 18.7 Å². The number of pyridine rings is 1. The Morgan fingerprint density at radius 1 is 1.64 bits per heavy atom. The van der Waals surface area contributed by atoms with E-state index in [4.69, 9.17) is 0 Å². The van der Waals surface area contributed by atoms with Crippen LogP contribution in [0.4, 0.5) is 8.78 Å². The van der Waals surface area contributed by atoms with E-state index in [1.807, 2.05) is 0 Å². The van der Waals surface area contributed by atoms with Gasteiger partial charge in [-0.05, 0) is 18.1 Å². The Morgan fingerprint density at radius 2 is 2.29 bits per heavy atom. The van der Waals surface area contributed by atoms with Crippen molar-refractivity contribution in [3.63, 3.8) is 0 Å². The number of alkyl halides is 3. The van der Waals surface area contributed by atoms with Crippen LogP contribution in [0.2, 0.25) is 0 Å². The molecule has 0 saturated carbocycles. The van der Waals surface area contributed by atoms with E-state index in [-0.39, 0.29) is 11.3 Å². The van der Waals surface area contributed by atoms with Gasteiger partial charge in [-0.15, -0.1) is 0 Å². The molecule has 5 heteroatoms. The number of carbonyl (C=O) groups excluding carboxylic acids is 1. The van der Waals surface area contributed by atoms with Crippen LogP contribution in [0, 0.1) is 6.92 Å². The molecule has 0 aliphatic carbocycles. The summed E-state index contributed by atoms with van der Waals surface area (Å²) in [6, 6.07) is 0. The van der Waals surface area contributed by atoms with Crippen LogP contribution in [0.5, 0.6) is 0 Å². The largest absolute Gasteiger partial charge is 0.296 e. The van der Waals surface area contributed by atoms with Crippen molar-refractivity contribution in [1.29, 1.82) is 0 Å². The molecular weight excluding hydrogens is 256 g/mol. The van der Waals surface area contributed by atoms with Gasteiger partial charge in [-0.1, -0.05) is 15.9 Å².